The van der Waals surface area contributed by atoms with Gasteiger partial charge in [0.25, 0.3) is 0 Å². The number of aliphatic imine (C=N–C) groups is 1. The summed E-state index contributed by atoms with van der Waals surface area (Å²) in [6.07, 6.45) is 0. The van der Waals surface area contributed by atoms with Crippen LogP contribution in [0.5, 0.6) is 11.5 Å². The molecular weight excluding hydrogens is 603 g/mol. The molecule has 0 N–H and O–H groups in total. The molecule has 0 saturated heterocycles. The number of nitrogens with zero attached hydrogens (tertiary/aromatic N) is 2. The Balaban J connectivity index is 0.00000400. The van der Waals surface area contributed by atoms with E-state index in [9.17, 15) is 0 Å². The van der Waals surface area contributed by atoms with Gasteiger partial charge in [0.05, 0.1) is 30.0 Å². The molecule has 4 nitrogen and oxygen atoms in total. The van der Waals surface area contributed by atoms with Crippen molar-refractivity contribution in [1.29, 1.82) is 0 Å². The van der Waals surface area contributed by atoms with Crippen molar-refractivity contribution in [3.8, 4) is 11.5 Å². The summed E-state index contributed by atoms with van der Waals surface area (Å²) in [4.78, 5) is 7.29. The van der Waals surface area contributed by atoms with Gasteiger partial charge < -0.3 is 14.4 Å². The average molecular weight is 632 g/mol. The van der Waals surface area contributed by atoms with Crippen LogP contribution in [0.25, 0.3) is 0 Å². The highest BCUT2D eigenvalue weighted by Gasteiger charge is 2.16. The molecule has 0 saturated carbocycles. The number of halogens is 3. The molecule has 0 spiro atoms. The summed E-state index contributed by atoms with van der Waals surface area (Å²) in [6.45, 7) is 1.30. The summed E-state index contributed by atoms with van der Waals surface area (Å²) in [6, 6.07) is 32.1. The van der Waals surface area contributed by atoms with Gasteiger partial charge in [-0.2, -0.15) is 0 Å². The molecule has 0 heterocycles. The molecule has 0 amide bonds. The van der Waals surface area contributed by atoms with Gasteiger partial charge in [0, 0.05) is 18.8 Å². The fourth-order valence-electron chi connectivity index (χ4n) is 3.69. The molecule has 4 aromatic rings. The van der Waals surface area contributed by atoms with E-state index in [1.165, 1.54) is 5.56 Å². The first kappa shape index (κ1) is 29.9. The molecule has 0 aliphatic heterocycles. The first-order chi connectivity index (χ1) is 18.1. The molecule has 0 aliphatic carbocycles. The zero-order chi connectivity index (χ0) is 26.0. The van der Waals surface area contributed by atoms with E-state index in [-0.39, 0.29) is 17.0 Å². The van der Waals surface area contributed by atoms with Crippen molar-refractivity contribution in [2.24, 2.45) is 4.99 Å². The van der Waals surface area contributed by atoms with Crippen LogP contribution in [0.4, 0.5) is 5.69 Å². The number of hydrogen-bond acceptors (Lipinski definition) is 4. The molecule has 0 fully saturated rings. The van der Waals surface area contributed by atoms with Gasteiger partial charge in [-0.05, 0) is 53.1 Å². The topological polar surface area (TPSA) is 34.1 Å². The molecule has 8 heteroatoms. The molecular formula is C30H29BrCl2N2O2S. The number of methoxy groups -OCH3 is 2. The van der Waals surface area contributed by atoms with Gasteiger partial charge in [0.2, 0.25) is 0 Å². The Kier molecular flexibility index (Phi) is 11.9. The largest absolute Gasteiger partial charge is 0.497 e. The van der Waals surface area contributed by atoms with Gasteiger partial charge in [-0.3, -0.25) is 0 Å². The third kappa shape index (κ3) is 8.43. The van der Waals surface area contributed by atoms with E-state index in [0.717, 1.165) is 33.5 Å². The van der Waals surface area contributed by atoms with Gasteiger partial charge in [-0.15, -0.1) is 17.0 Å². The van der Waals surface area contributed by atoms with Crippen LogP contribution in [-0.4, -0.2) is 24.3 Å². The van der Waals surface area contributed by atoms with E-state index < -0.39 is 0 Å². The Hall–Kier alpha value is -2.64. The molecule has 0 aromatic heterocycles. The zero-order valence-electron chi connectivity index (χ0n) is 21.1. The third-order valence-electron chi connectivity index (χ3n) is 5.69. The van der Waals surface area contributed by atoms with Crippen LogP contribution < -0.4 is 9.47 Å². The van der Waals surface area contributed by atoms with Crippen LogP contribution in [0.3, 0.4) is 0 Å². The predicted molar refractivity (Wildman–Crippen MR) is 167 cm³/mol. The number of benzene rings is 4. The van der Waals surface area contributed by atoms with E-state index in [0.29, 0.717) is 28.8 Å². The lowest BCUT2D eigenvalue weighted by molar-refractivity contribution is 0.405. The quantitative estimate of drug-likeness (QED) is 0.136. The fraction of sp³-hybridized carbons (Fsp3) is 0.167. The Bertz CT molecular complexity index is 1270. The maximum absolute atomic E-state index is 6.55. The van der Waals surface area contributed by atoms with Crippen molar-refractivity contribution in [2.45, 2.75) is 18.8 Å². The van der Waals surface area contributed by atoms with Crippen molar-refractivity contribution < 1.29 is 9.47 Å². The maximum atomic E-state index is 6.55. The lowest BCUT2D eigenvalue weighted by Gasteiger charge is -2.27. The second-order valence-corrected chi connectivity index (χ2v) is 10.0. The highest BCUT2D eigenvalue weighted by molar-refractivity contribution is 8.93. The molecule has 0 aliphatic rings. The lowest BCUT2D eigenvalue weighted by Crippen LogP contribution is -2.28. The van der Waals surface area contributed by atoms with Gasteiger partial charge in [0.15, 0.2) is 5.17 Å². The van der Waals surface area contributed by atoms with E-state index in [1.54, 1.807) is 32.0 Å². The van der Waals surface area contributed by atoms with Crippen LogP contribution in [0.1, 0.15) is 16.7 Å². The van der Waals surface area contributed by atoms with E-state index in [2.05, 4.69) is 41.3 Å². The van der Waals surface area contributed by atoms with Crippen molar-refractivity contribution in [3.05, 3.63) is 124 Å². The van der Waals surface area contributed by atoms with E-state index in [4.69, 9.17) is 37.7 Å². The first-order valence-corrected chi connectivity index (χ1v) is 13.5. The van der Waals surface area contributed by atoms with Crippen LogP contribution in [0, 0.1) is 0 Å². The van der Waals surface area contributed by atoms with Gasteiger partial charge in [0.1, 0.15) is 11.5 Å². The highest BCUT2D eigenvalue weighted by Crippen LogP contribution is 2.34. The Morgan fingerprint density at radius 1 is 0.711 bits per heavy atom. The van der Waals surface area contributed by atoms with Crippen molar-refractivity contribution in [3.63, 3.8) is 0 Å². The average Bonchev–Trinajstić information content (AvgIpc) is 2.94. The Morgan fingerprint density at radius 3 is 1.79 bits per heavy atom. The molecule has 4 rings (SSSR count). The monoisotopic (exact) mass is 630 g/mol. The second kappa shape index (κ2) is 15.1. The van der Waals surface area contributed by atoms with Crippen molar-refractivity contribution >= 4 is 62.8 Å². The Labute approximate surface area is 249 Å². The molecule has 0 bridgehead atoms. The third-order valence-corrected chi connectivity index (χ3v) is 7.59. The van der Waals surface area contributed by atoms with Crippen LogP contribution in [-0.2, 0) is 18.8 Å². The summed E-state index contributed by atoms with van der Waals surface area (Å²) < 4.78 is 10.7. The molecule has 0 radical (unpaired) electrons. The molecule has 4 aromatic carbocycles. The SMILES string of the molecule is Br.COc1ccc(CN(Cc2ccc(OC)cc2)C(=Nc2cccc(Cl)c2Cl)SCc2ccccc2)cc1. The van der Waals surface area contributed by atoms with Crippen molar-refractivity contribution in [1.82, 2.24) is 4.90 Å². The zero-order valence-corrected chi connectivity index (χ0v) is 25.2. The molecule has 0 unspecified atom stereocenters. The second-order valence-electron chi connectivity index (χ2n) is 8.29. The summed E-state index contributed by atoms with van der Waals surface area (Å²) in [5.74, 6) is 2.41. The normalized spacial score (nSPS) is 11.0. The van der Waals surface area contributed by atoms with Crippen LogP contribution in [0.2, 0.25) is 10.0 Å². The van der Waals surface area contributed by atoms with Gasteiger partial charge in [-0.25, -0.2) is 4.99 Å². The summed E-state index contributed by atoms with van der Waals surface area (Å²) in [7, 11) is 3.34. The minimum absolute atomic E-state index is 0. The van der Waals surface area contributed by atoms with E-state index >= 15 is 0 Å². The molecule has 38 heavy (non-hydrogen) atoms. The van der Waals surface area contributed by atoms with Gasteiger partial charge >= 0.3 is 0 Å². The minimum atomic E-state index is 0. The maximum Gasteiger partial charge on any atom is 0.165 e. The predicted octanol–water partition coefficient (Wildman–Crippen LogP) is 9.21. The lowest BCUT2D eigenvalue weighted by atomic mass is 10.1. The molecule has 198 valence electrons. The fourth-order valence-corrected chi connectivity index (χ4v) is 4.99. The Morgan fingerprint density at radius 2 is 1.26 bits per heavy atom. The van der Waals surface area contributed by atoms with E-state index in [1.807, 2.05) is 54.6 Å². The number of ether oxygens (including phenoxy) is 2. The number of rotatable bonds is 9. The summed E-state index contributed by atoms with van der Waals surface area (Å²) in [5.41, 5.74) is 4.13. The smallest absolute Gasteiger partial charge is 0.165 e. The van der Waals surface area contributed by atoms with Crippen LogP contribution in [0.15, 0.2) is 102 Å². The number of hydrogen-bond donors (Lipinski definition) is 0. The standard InChI is InChI=1S/C30H28Cl2N2O2S.BrH/c1-35-25-15-11-22(12-16-25)19-34(20-23-13-17-26(36-2)18-14-23)30(37-21-24-7-4-3-5-8-24)33-28-10-6-9-27(31)29(28)32;/h3-18H,19-21H2,1-2H3;1H. The summed E-state index contributed by atoms with van der Waals surface area (Å²) >= 11 is 14.5. The minimum Gasteiger partial charge on any atom is -0.497 e. The number of thioether (sulfide) groups is 1. The van der Waals surface area contributed by atoms with Crippen LogP contribution >= 0.6 is 51.9 Å². The van der Waals surface area contributed by atoms with Crippen molar-refractivity contribution in [2.75, 3.05) is 14.2 Å². The highest BCUT2D eigenvalue weighted by atomic mass is 79.9. The van der Waals surface area contributed by atoms with Gasteiger partial charge in [-0.1, -0.05) is 95.6 Å². The molecule has 0 atom stereocenters. The first-order valence-electron chi connectivity index (χ1n) is 11.8. The summed E-state index contributed by atoms with van der Waals surface area (Å²) in [5, 5.41) is 1.77. The number of amidine groups is 1.